The summed E-state index contributed by atoms with van der Waals surface area (Å²) in [5, 5.41) is 12.4. The Balaban J connectivity index is 1.99. The number of aromatic hydroxyl groups is 1. The average molecular weight is 255 g/mol. The van der Waals surface area contributed by atoms with Crippen LogP contribution in [0, 0.1) is 23.5 Å². The SMILES string of the molecule is CC1CCC(NCc2cc(F)c(O)c(F)c2)C1C. The predicted molar refractivity (Wildman–Crippen MR) is 66.2 cm³/mol. The van der Waals surface area contributed by atoms with E-state index in [2.05, 4.69) is 19.2 Å². The lowest BCUT2D eigenvalue weighted by molar-refractivity contribution is 0.367. The molecular weight excluding hydrogens is 236 g/mol. The maximum Gasteiger partial charge on any atom is 0.187 e. The lowest BCUT2D eigenvalue weighted by Crippen LogP contribution is -2.31. The van der Waals surface area contributed by atoms with Crippen molar-refractivity contribution < 1.29 is 13.9 Å². The van der Waals surface area contributed by atoms with Gasteiger partial charge in [0.05, 0.1) is 0 Å². The zero-order chi connectivity index (χ0) is 13.3. The van der Waals surface area contributed by atoms with E-state index in [4.69, 9.17) is 5.11 Å². The molecule has 3 atom stereocenters. The van der Waals surface area contributed by atoms with Crippen LogP contribution in [0.5, 0.6) is 5.75 Å². The number of benzene rings is 1. The summed E-state index contributed by atoms with van der Waals surface area (Å²) >= 11 is 0. The third-order valence-electron chi connectivity index (χ3n) is 4.11. The molecule has 100 valence electrons. The van der Waals surface area contributed by atoms with Gasteiger partial charge in [0.2, 0.25) is 0 Å². The molecule has 0 spiro atoms. The second-order valence-electron chi connectivity index (χ2n) is 5.31. The van der Waals surface area contributed by atoms with Crippen LogP contribution in [0.4, 0.5) is 8.78 Å². The highest BCUT2D eigenvalue weighted by Crippen LogP contribution is 2.31. The molecule has 2 N–H and O–H groups in total. The summed E-state index contributed by atoms with van der Waals surface area (Å²) in [7, 11) is 0. The van der Waals surface area contributed by atoms with Gasteiger partial charge in [0, 0.05) is 12.6 Å². The minimum atomic E-state index is -0.903. The first-order valence-corrected chi connectivity index (χ1v) is 6.39. The summed E-state index contributed by atoms with van der Waals surface area (Å²) in [4.78, 5) is 0. The van der Waals surface area contributed by atoms with Crippen LogP contribution in [0.25, 0.3) is 0 Å². The smallest absolute Gasteiger partial charge is 0.187 e. The molecule has 1 aromatic carbocycles. The zero-order valence-corrected chi connectivity index (χ0v) is 10.7. The van der Waals surface area contributed by atoms with Crippen molar-refractivity contribution in [3.05, 3.63) is 29.3 Å². The van der Waals surface area contributed by atoms with Crippen LogP contribution in [0.15, 0.2) is 12.1 Å². The van der Waals surface area contributed by atoms with Gasteiger partial charge in [0.25, 0.3) is 0 Å². The Kier molecular flexibility index (Phi) is 3.85. The van der Waals surface area contributed by atoms with Crippen molar-refractivity contribution in [1.82, 2.24) is 5.32 Å². The maximum atomic E-state index is 13.2. The molecule has 0 bridgehead atoms. The van der Waals surface area contributed by atoms with E-state index in [1.807, 2.05) is 0 Å². The van der Waals surface area contributed by atoms with E-state index in [0.29, 0.717) is 30.0 Å². The molecule has 1 saturated carbocycles. The number of hydrogen-bond donors (Lipinski definition) is 2. The highest BCUT2D eigenvalue weighted by molar-refractivity contribution is 5.30. The van der Waals surface area contributed by atoms with Crippen LogP contribution >= 0.6 is 0 Å². The third kappa shape index (κ3) is 2.64. The van der Waals surface area contributed by atoms with Crippen LogP contribution in [0.1, 0.15) is 32.3 Å². The average Bonchev–Trinajstić information content (AvgIpc) is 2.64. The molecule has 1 aliphatic rings. The lowest BCUT2D eigenvalue weighted by atomic mass is 9.97. The Morgan fingerprint density at radius 1 is 1.22 bits per heavy atom. The zero-order valence-electron chi connectivity index (χ0n) is 10.7. The van der Waals surface area contributed by atoms with Crippen LogP contribution in [0.3, 0.4) is 0 Å². The monoisotopic (exact) mass is 255 g/mol. The van der Waals surface area contributed by atoms with Crippen molar-refractivity contribution in [1.29, 1.82) is 0 Å². The Morgan fingerprint density at radius 3 is 2.33 bits per heavy atom. The Hall–Kier alpha value is -1.16. The number of phenolic OH excluding ortho intramolecular Hbond substituents is 1. The molecule has 2 rings (SSSR count). The van der Waals surface area contributed by atoms with Crippen LogP contribution in [-0.4, -0.2) is 11.1 Å². The largest absolute Gasteiger partial charge is 0.503 e. The van der Waals surface area contributed by atoms with Crippen molar-refractivity contribution in [3.8, 4) is 5.75 Å². The highest BCUT2D eigenvalue weighted by atomic mass is 19.1. The number of rotatable bonds is 3. The molecule has 2 nitrogen and oxygen atoms in total. The number of nitrogens with one attached hydrogen (secondary N) is 1. The molecule has 1 aromatic rings. The minimum Gasteiger partial charge on any atom is -0.503 e. The van der Waals surface area contributed by atoms with Gasteiger partial charge in [-0.05, 0) is 42.4 Å². The standard InChI is InChI=1S/C14H19F2NO/c1-8-3-4-13(9(8)2)17-7-10-5-11(15)14(18)12(16)6-10/h5-6,8-9,13,17-18H,3-4,7H2,1-2H3. The fourth-order valence-electron chi connectivity index (χ4n) is 2.62. The predicted octanol–water partition coefficient (Wildman–Crippen LogP) is 3.19. The van der Waals surface area contributed by atoms with Gasteiger partial charge in [-0.15, -0.1) is 0 Å². The quantitative estimate of drug-likeness (QED) is 0.869. The van der Waals surface area contributed by atoms with Crippen molar-refractivity contribution in [2.45, 2.75) is 39.3 Å². The van der Waals surface area contributed by atoms with Crippen molar-refractivity contribution in [2.75, 3.05) is 0 Å². The minimum absolute atomic E-state index is 0.403. The van der Waals surface area contributed by atoms with Crippen LogP contribution in [-0.2, 0) is 6.54 Å². The summed E-state index contributed by atoms with van der Waals surface area (Å²) < 4.78 is 26.3. The van der Waals surface area contributed by atoms with E-state index in [-0.39, 0.29) is 0 Å². The normalized spacial score (nSPS) is 27.7. The van der Waals surface area contributed by atoms with Crippen molar-refractivity contribution >= 4 is 0 Å². The van der Waals surface area contributed by atoms with Crippen LogP contribution in [0.2, 0.25) is 0 Å². The van der Waals surface area contributed by atoms with Gasteiger partial charge >= 0.3 is 0 Å². The molecule has 1 aliphatic carbocycles. The fourth-order valence-corrected chi connectivity index (χ4v) is 2.62. The summed E-state index contributed by atoms with van der Waals surface area (Å²) in [5.74, 6) is -1.44. The van der Waals surface area contributed by atoms with Gasteiger partial charge in [-0.25, -0.2) is 8.78 Å². The molecule has 4 heteroatoms. The molecule has 1 fully saturated rings. The highest BCUT2D eigenvalue weighted by Gasteiger charge is 2.29. The number of halogens is 2. The Labute approximate surface area is 106 Å². The summed E-state index contributed by atoms with van der Waals surface area (Å²) in [6.45, 7) is 4.86. The van der Waals surface area contributed by atoms with Gasteiger partial charge in [-0.3, -0.25) is 0 Å². The lowest BCUT2D eigenvalue weighted by Gasteiger charge is -2.19. The maximum absolute atomic E-state index is 13.2. The van der Waals surface area contributed by atoms with E-state index < -0.39 is 17.4 Å². The van der Waals surface area contributed by atoms with Gasteiger partial charge < -0.3 is 10.4 Å². The molecule has 0 radical (unpaired) electrons. The fraction of sp³-hybridized carbons (Fsp3) is 0.571. The van der Waals surface area contributed by atoms with E-state index in [9.17, 15) is 8.78 Å². The summed E-state index contributed by atoms with van der Waals surface area (Å²) in [6, 6.07) is 2.75. The number of phenols is 1. The van der Waals surface area contributed by atoms with Crippen molar-refractivity contribution in [3.63, 3.8) is 0 Å². The Bertz CT molecular complexity index is 413. The van der Waals surface area contributed by atoms with Gasteiger partial charge in [-0.2, -0.15) is 0 Å². The van der Waals surface area contributed by atoms with E-state index in [1.54, 1.807) is 0 Å². The van der Waals surface area contributed by atoms with Crippen LogP contribution < -0.4 is 5.32 Å². The first-order valence-electron chi connectivity index (χ1n) is 6.39. The van der Waals surface area contributed by atoms with E-state index in [1.165, 1.54) is 18.6 Å². The second-order valence-corrected chi connectivity index (χ2v) is 5.31. The molecule has 0 heterocycles. The Morgan fingerprint density at radius 2 is 1.83 bits per heavy atom. The van der Waals surface area contributed by atoms with Crippen molar-refractivity contribution in [2.24, 2.45) is 11.8 Å². The molecule has 0 aliphatic heterocycles. The molecule has 0 amide bonds. The molecule has 0 saturated heterocycles. The summed E-state index contributed by atoms with van der Waals surface area (Å²) in [6.07, 6.45) is 2.29. The van der Waals surface area contributed by atoms with Gasteiger partial charge in [-0.1, -0.05) is 13.8 Å². The second kappa shape index (κ2) is 5.22. The molecule has 0 aromatic heterocycles. The first-order chi connectivity index (χ1) is 8.49. The molecular formula is C14H19F2NO. The first kappa shape index (κ1) is 13.3. The number of hydrogen-bond acceptors (Lipinski definition) is 2. The van der Waals surface area contributed by atoms with E-state index >= 15 is 0 Å². The van der Waals surface area contributed by atoms with Gasteiger partial charge in [0.1, 0.15) is 0 Å². The third-order valence-corrected chi connectivity index (χ3v) is 4.11. The molecule has 3 unspecified atom stereocenters. The van der Waals surface area contributed by atoms with Gasteiger partial charge in [0.15, 0.2) is 17.4 Å². The summed E-state index contributed by atoms with van der Waals surface area (Å²) in [5.41, 5.74) is 0.523. The van der Waals surface area contributed by atoms with E-state index in [0.717, 1.165) is 6.42 Å². The topological polar surface area (TPSA) is 32.3 Å². The molecule has 18 heavy (non-hydrogen) atoms.